The first kappa shape index (κ1) is 17.8. The molecule has 1 aliphatic carbocycles. The van der Waals surface area contributed by atoms with Gasteiger partial charge in [0.05, 0.1) is 24.2 Å². The standard InChI is InChI=1S/C17H22BrN3O2/c1-11(12-4-7-15(23-3)14(18)8-12)20-9-16(22)21-17(2,10-19)13-5-6-13/h4,7-8,11,13,20H,5-6,9H2,1-3H3,(H,21,22)/t11-,17+/m0/s1. The molecule has 0 heterocycles. The molecule has 0 spiro atoms. The third kappa shape index (κ3) is 4.46. The van der Waals surface area contributed by atoms with E-state index in [1.807, 2.05) is 25.1 Å². The van der Waals surface area contributed by atoms with Crippen molar-refractivity contribution in [3.63, 3.8) is 0 Å². The van der Waals surface area contributed by atoms with Crippen LogP contribution in [0.25, 0.3) is 0 Å². The van der Waals surface area contributed by atoms with Gasteiger partial charge in [0.25, 0.3) is 0 Å². The molecule has 0 saturated heterocycles. The Bertz CT molecular complexity index is 625. The highest BCUT2D eigenvalue weighted by atomic mass is 79.9. The largest absolute Gasteiger partial charge is 0.496 e. The summed E-state index contributed by atoms with van der Waals surface area (Å²) >= 11 is 3.46. The van der Waals surface area contributed by atoms with Gasteiger partial charge in [0.1, 0.15) is 11.3 Å². The van der Waals surface area contributed by atoms with Crippen LogP contribution in [0.15, 0.2) is 22.7 Å². The molecule has 0 radical (unpaired) electrons. The Labute approximate surface area is 145 Å². The number of nitrogens with one attached hydrogen (secondary N) is 2. The second-order valence-corrected chi connectivity index (χ2v) is 6.99. The number of ether oxygens (including phenoxy) is 1. The maximum Gasteiger partial charge on any atom is 0.235 e. The monoisotopic (exact) mass is 379 g/mol. The molecule has 0 bridgehead atoms. The molecule has 2 rings (SSSR count). The quantitative estimate of drug-likeness (QED) is 0.763. The van der Waals surface area contributed by atoms with Crippen LogP contribution in [-0.2, 0) is 4.79 Å². The van der Waals surface area contributed by atoms with Crippen LogP contribution in [0.3, 0.4) is 0 Å². The molecule has 2 atom stereocenters. The van der Waals surface area contributed by atoms with Crippen molar-refractivity contribution in [3.05, 3.63) is 28.2 Å². The van der Waals surface area contributed by atoms with Crippen LogP contribution in [0.2, 0.25) is 0 Å². The topological polar surface area (TPSA) is 74.2 Å². The van der Waals surface area contributed by atoms with Crippen LogP contribution in [-0.4, -0.2) is 25.1 Å². The SMILES string of the molecule is COc1ccc([C@H](C)NCC(=O)N[C@](C)(C#N)C2CC2)cc1Br. The summed E-state index contributed by atoms with van der Waals surface area (Å²) in [5.74, 6) is 0.903. The molecule has 1 amide bonds. The lowest BCUT2D eigenvalue weighted by atomic mass is 9.98. The second kappa shape index (κ2) is 7.33. The zero-order valence-electron chi connectivity index (χ0n) is 13.6. The first-order valence-electron chi connectivity index (χ1n) is 7.68. The van der Waals surface area contributed by atoms with E-state index in [0.29, 0.717) is 0 Å². The van der Waals surface area contributed by atoms with Crippen molar-refractivity contribution in [2.24, 2.45) is 5.92 Å². The van der Waals surface area contributed by atoms with Crippen molar-refractivity contribution in [2.45, 2.75) is 38.3 Å². The summed E-state index contributed by atoms with van der Waals surface area (Å²) < 4.78 is 6.09. The molecule has 1 fully saturated rings. The van der Waals surface area contributed by atoms with Gasteiger partial charge in [0.2, 0.25) is 5.91 Å². The molecule has 23 heavy (non-hydrogen) atoms. The Balaban J connectivity index is 1.88. The van der Waals surface area contributed by atoms with E-state index < -0.39 is 5.54 Å². The summed E-state index contributed by atoms with van der Waals surface area (Å²) in [4.78, 5) is 12.1. The molecule has 0 unspecified atom stereocenters. The molecule has 1 aliphatic rings. The van der Waals surface area contributed by atoms with Gasteiger partial charge < -0.3 is 15.4 Å². The van der Waals surface area contributed by atoms with E-state index in [4.69, 9.17) is 4.74 Å². The second-order valence-electron chi connectivity index (χ2n) is 6.13. The highest BCUT2D eigenvalue weighted by Crippen LogP contribution is 2.39. The zero-order valence-corrected chi connectivity index (χ0v) is 15.2. The Morgan fingerprint density at radius 2 is 2.26 bits per heavy atom. The maximum absolute atomic E-state index is 12.1. The number of methoxy groups -OCH3 is 1. The fourth-order valence-corrected chi connectivity index (χ4v) is 3.09. The van der Waals surface area contributed by atoms with E-state index in [1.54, 1.807) is 14.0 Å². The number of carbonyl (C=O) groups excluding carboxylic acids is 1. The fraction of sp³-hybridized carbons (Fsp3) is 0.529. The minimum absolute atomic E-state index is 0.0113. The fourth-order valence-electron chi connectivity index (χ4n) is 2.53. The van der Waals surface area contributed by atoms with Crippen LogP contribution in [0.4, 0.5) is 0 Å². The number of hydrogen-bond donors (Lipinski definition) is 2. The zero-order chi connectivity index (χ0) is 17.0. The first-order chi connectivity index (χ1) is 10.9. The lowest BCUT2D eigenvalue weighted by Gasteiger charge is -2.23. The van der Waals surface area contributed by atoms with Gasteiger partial charge in [-0.2, -0.15) is 5.26 Å². The summed E-state index contributed by atoms with van der Waals surface area (Å²) in [6.45, 7) is 3.97. The summed E-state index contributed by atoms with van der Waals surface area (Å²) in [6, 6.07) is 8.06. The number of halogens is 1. The minimum Gasteiger partial charge on any atom is -0.496 e. The van der Waals surface area contributed by atoms with Gasteiger partial charge in [-0.25, -0.2) is 0 Å². The molecule has 124 valence electrons. The van der Waals surface area contributed by atoms with E-state index in [1.165, 1.54) is 0 Å². The number of rotatable bonds is 7. The van der Waals surface area contributed by atoms with Gasteiger partial charge in [-0.05, 0) is 66.2 Å². The Morgan fingerprint density at radius 3 is 2.78 bits per heavy atom. The van der Waals surface area contributed by atoms with E-state index in [9.17, 15) is 10.1 Å². The lowest BCUT2D eigenvalue weighted by Crippen LogP contribution is -2.49. The van der Waals surface area contributed by atoms with Crippen molar-refractivity contribution >= 4 is 21.8 Å². The summed E-state index contributed by atoms with van der Waals surface area (Å²) in [6.07, 6.45) is 2.02. The summed E-state index contributed by atoms with van der Waals surface area (Å²) in [7, 11) is 1.62. The molecule has 5 nitrogen and oxygen atoms in total. The Kier molecular flexibility index (Phi) is 5.66. The maximum atomic E-state index is 12.1. The van der Waals surface area contributed by atoms with Gasteiger partial charge in [0.15, 0.2) is 0 Å². The first-order valence-corrected chi connectivity index (χ1v) is 8.48. The molecule has 0 aliphatic heterocycles. The van der Waals surface area contributed by atoms with Crippen molar-refractivity contribution in [1.82, 2.24) is 10.6 Å². The van der Waals surface area contributed by atoms with Gasteiger partial charge in [-0.3, -0.25) is 4.79 Å². The molecular weight excluding hydrogens is 358 g/mol. The highest BCUT2D eigenvalue weighted by Gasteiger charge is 2.42. The number of benzene rings is 1. The van der Waals surface area contributed by atoms with Crippen LogP contribution in [0.1, 0.15) is 38.3 Å². The normalized spacial score (nSPS) is 17.7. The van der Waals surface area contributed by atoms with Crippen LogP contribution < -0.4 is 15.4 Å². The van der Waals surface area contributed by atoms with Crippen molar-refractivity contribution in [2.75, 3.05) is 13.7 Å². The average molecular weight is 380 g/mol. The van der Waals surface area contributed by atoms with Gasteiger partial charge >= 0.3 is 0 Å². The van der Waals surface area contributed by atoms with Crippen molar-refractivity contribution in [3.8, 4) is 11.8 Å². The summed E-state index contributed by atoms with van der Waals surface area (Å²) in [5.41, 5.74) is 0.307. The number of nitrogens with zero attached hydrogens (tertiary/aromatic N) is 1. The molecule has 1 saturated carbocycles. The van der Waals surface area contributed by atoms with E-state index in [0.717, 1.165) is 28.6 Å². The van der Waals surface area contributed by atoms with Gasteiger partial charge in [0, 0.05) is 6.04 Å². The number of amides is 1. The Hall–Kier alpha value is -1.58. The predicted molar refractivity (Wildman–Crippen MR) is 92.0 cm³/mol. The van der Waals surface area contributed by atoms with E-state index in [2.05, 4.69) is 32.6 Å². The van der Waals surface area contributed by atoms with Crippen molar-refractivity contribution in [1.29, 1.82) is 5.26 Å². The van der Waals surface area contributed by atoms with Crippen LogP contribution in [0.5, 0.6) is 5.75 Å². The number of hydrogen-bond acceptors (Lipinski definition) is 4. The summed E-state index contributed by atoms with van der Waals surface area (Å²) in [5, 5.41) is 15.3. The minimum atomic E-state index is -0.745. The van der Waals surface area contributed by atoms with Gasteiger partial charge in [-0.1, -0.05) is 6.07 Å². The smallest absolute Gasteiger partial charge is 0.235 e. The van der Waals surface area contributed by atoms with Crippen LogP contribution >= 0.6 is 15.9 Å². The number of nitriles is 1. The third-order valence-electron chi connectivity index (χ3n) is 4.27. The van der Waals surface area contributed by atoms with Crippen molar-refractivity contribution < 1.29 is 9.53 Å². The van der Waals surface area contributed by atoms with E-state index in [-0.39, 0.29) is 24.4 Å². The predicted octanol–water partition coefficient (Wildman–Crippen LogP) is 2.92. The molecule has 0 aromatic heterocycles. The highest BCUT2D eigenvalue weighted by molar-refractivity contribution is 9.10. The molecule has 1 aromatic rings. The van der Waals surface area contributed by atoms with Crippen LogP contribution in [0, 0.1) is 17.2 Å². The number of carbonyl (C=O) groups is 1. The average Bonchev–Trinajstić information content (AvgIpc) is 3.37. The van der Waals surface area contributed by atoms with E-state index >= 15 is 0 Å². The molecule has 2 N–H and O–H groups in total. The Morgan fingerprint density at radius 1 is 1.57 bits per heavy atom. The third-order valence-corrected chi connectivity index (χ3v) is 4.89. The lowest BCUT2D eigenvalue weighted by molar-refractivity contribution is -0.121. The van der Waals surface area contributed by atoms with Gasteiger partial charge in [-0.15, -0.1) is 0 Å². The molecule has 1 aromatic carbocycles. The molecular formula is C17H22BrN3O2. The molecule has 6 heteroatoms.